The number of rotatable bonds is 5. The van der Waals surface area contributed by atoms with E-state index < -0.39 is 0 Å². The highest BCUT2D eigenvalue weighted by Crippen LogP contribution is 2.31. The fourth-order valence-corrected chi connectivity index (χ4v) is 4.99. The molecule has 164 valence electrons. The van der Waals surface area contributed by atoms with Gasteiger partial charge in [0.25, 0.3) is 5.91 Å². The number of nitrogens with zero attached hydrogens (tertiary/aromatic N) is 3. The second kappa shape index (κ2) is 8.72. The molecule has 4 aromatic rings. The van der Waals surface area contributed by atoms with Crippen LogP contribution < -0.4 is 10.2 Å². The zero-order chi connectivity index (χ0) is 22.1. The van der Waals surface area contributed by atoms with Crippen molar-refractivity contribution in [2.45, 2.75) is 13.5 Å². The molecule has 5 rings (SSSR count). The highest BCUT2D eigenvalue weighted by molar-refractivity contribution is 7.20. The molecule has 6 nitrogen and oxygen atoms in total. The molecule has 0 aliphatic carbocycles. The highest BCUT2D eigenvalue weighted by atomic mass is 32.1. The summed E-state index contributed by atoms with van der Waals surface area (Å²) in [4.78, 5) is 16.9. The summed E-state index contributed by atoms with van der Waals surface area (Å²) in [5, 5.41) is 8.66. The number of aromatic nitrogens is 2. The minimum atomic E-state index is -0.261. The first-order valence-corrected chi connectivity index (χ1v) is 11.3. The number of hydrogen-bond donors (Lipinski definition) is 1. The number of benzene rings is 2. The van der Waals surface area contributed by atoms with Crippen LogP contribution in [0.15, 0.2) is 54.6 Å². The lowest BCUT2D eigenvalue weighted by Crippen LogP contribution is -2.36. The number of thiophene rings is 1. The van der Waals surface area contributed by atoms with Crippen molar-refractivity contribution in [2.75, 3.05) is 36.5 Å². The Morgan fingerprint density at radius 3 is 2.69 bits per heavy atom. The Balaban J connectivity index is 1.40. The predicted octanol–water partition coefficient (Wildman–Crippen LogP) is 4.68. The number of para-hydroxylation sites is 2. The van der Waals surface area contributed by atoms with Gasteiger partial charge in [0.15, 0.2) is 0 Å². The van der Waals surface area contributed by atoms with E-state index in [0.717, 1.165) is 45.9 Å². The molecule has 0 atom stereocenters. The van der Waals surface area contributed by atoms with Crippen LogP contribution in [0.5, 0.6) is 0 Å². The summed E-state index contributed by atoms with van der Waals surface area (Å²) in [6.45, 7) is 5.42. The highest BCUT2D eigenvalue weighted by Gasteiger charge is 2.19. The van der Waals surface area contributed by atoms with Gasteiger partial charge in [-0.2, -0.15) is 5.10 Å². The van der Waals surface area contributed by atoms with Gasteiger partial charge in [0.05, 0.1) is 41.7 Å². The number of carbonyl (C=O) groups is 1. The Kier molecular flexibility index (Phi) is 5.63. The molecule has 1 saturated heterocycles. The second-order valence-electron chi connectivity index (χ2n) is 7.77. The normalized spacial score (nSPS) is 14.1. The Morgan fingerprint density at radius 1 is 1.16 bits per heavy atom. The van der Waals surface area contributed by atoms with Crippen molar-refractivity contribution >= 4 is 38.8 Å². The third-order valence-corrected chi connectivity index (χ3v) is 6.73. The molecule has 32 heavy (non-hydrogen) atoms. The number of ether oxygens (including phenoxy) is 1. The molecule has 0 spiro atoms. The van der Waals surface area contributed by atoms with E-state index in [1.165, 1.54) is 23.5 Å². The first-order chi connectivity index (χ1) is 15.6. The molecular weight excluding hydrogens is 427 g/mol. The molecule has 0 bridgehead atoms. The number of aryl methyl sites for hydroxylation is 1. The molecule has 0 saturated carbocycles. The number of fused-ring (bicyclic) bond motifs is 1. The Bertz CT molecular complexity index is 1260. The van der Waals surface area contributed by atoms with Crippen molar-refractivity contribution < 1.29 is 13.9 Å². The molecule has 1 aliphatic heterocycles. The third-order valence-electron chi connectivity index (χ3n) is 5.58. The molecule has 3 heterocycles. The van der Waals surface area contributed by atoms with E-state index in [1.807, 2.05) is 41.9 Å². The molecule has 0 radical (unpaired) electrons. The molecule has 1 fully saturated rings. The average molecular weight is 451 g/mol. The standard InChI is InChI=1S/C24H23FN4O2S/c1-16-19-14-22(32-24(19)29(27-16)15-17-6-8-18(25)9-7-17)23(30)26-20-4-2-3-5-21(20)28-10-12-31-13-11-28/h2-9,14H,10-13,15H2,1H3,(H,26,30). The van der Waals surface area contributed by atoms with Crippen molar-refractivity contribution in [1.29, 1.82) is 0 Å². The fraction of sp³-hybridized carbons (Fsp3) is 0.250. The van der Waals surface area contributed by atoms with E-state index in [1.54, 1.807) is 12.1 Å². The fourth-order valence-electron chi connectivity index (χ4n) is 3.94. The van der Waals surface area contributed by atoms with Crippen LogP contribution in [0.4, 0.5) is 15.8 Å². The van der Waals surface area contributed by atoms with Crippen molar-refractivity contribution in [2.24, 2.45) is 0 Å². The minimum absolute atomic E-state index is 0.139. The maximum Gasteiger partial charge on any atom is 0.265 e. The van der Waals surface area contributed by atoms with Gasteiger partial charge < -0.3 is 15.0 Å². The van der Waals surface area contributed by atoms with E-state index in [-0.39, 0.29) is 11.7 Å². The van der Waals surface area contributed by atoms with E-state index >= 15 is 0 Å². The van der Waals surface area contributed by atoms with Gasteiger partial charge >= 0.3 is 0 Å². The maximum atomic E-state index is 13.2. The number of halogens is 1. The average Bonchev–Trinajstić information content (AvgIpc) is 3.38. The van der Waals surface area contributed by atoms with Crippen molar-refractivity contribution in [1.82, 2.24) is 9.78 Å². The Morgan fingerprint density at radius 2 is 1.91 bits per heavy atom. The second-order valence-corrected chi connectivity index (χ2v) is 8.80. The van der Waals surface area contributed by atoms with Crippen molar-refractivity contribution in [3.8, 4) is 0 Å². The van der Waals surface area contributed by atoms with Crippen molar-refractivity contribution in [3.05, 3.63) is 76.5 Å². The van der Waals surface area contributed by atoms with Crippen LogP contribution in [0.2, 0.25) is 0 Å². The molecule has 2 aromatic carbocycles. The number of anilines is 2. The number of hydrogen-bond acceptors (Lipinski definition) is 5. The zero-order valence-corrected chi connectivity index (χ0v) is 18.5. The van der Waals surface area contributed by atoms with E-state index in [0.29, 0.717) is 24.6 Å². The summed E-state index contributed by atoms with van der Waals surface area (Å²) in [7, 11) is 0. The largest absolute Gasteiger partial charge is 0.378 e. The van der Waals surface area contributed by atoms with Crippen LogP contribution in [0.3, 0.4) is 0 Å². The Hall–Kier alpha value is -3.23. The molecule has 1 amide bonds. The molecule has 8 heteroatoms. The summed E-state index contributed by atoms with van der Waals surface area (Å²) < 4.78 is 20.6. The van der Waals surface area contributed by atoms with E-state index in [4.69, 9.17) is 4.74 Å². The summed E-state index contributed by atoms with van der Waals surface area (Å²) in [5.41, 5.74) is 3.62. The van der Waals surface area contributed by atoms with Gasteiger partial charge in [-0.1, -0.05) is 24.3 Å². The first-order valence-electron chi connectivity index (χ1n) is 10.5. The lowest BCUT2D eigenvalue weighted by Gasteiger charge is -2.30. The van der Waals surface area contributed by atoms with Gasteiger partial charge in [-0.15, -0.1) is 11.3 Å². The van der Waals surface area contributed by atoms with Crippen molar-refractivity contribution in [3.63, 3.8) is 0 Å². The van der Waals surface area contributed by atoms with Gasteiger partial charge in [0, 0.05) is 18.5 Å². The van der Waals surface area contributed by atoms with E-state index in [2.05, 4.69) is 15.3 Å². The van der Waals surface area contributed by atoms with Crippen LogP contribution >= 0.6 is 11.3 Å². The number of carbonyl (C=O) groups excluding carboxylic acids is 1. The molecule has 1 aliphatic rings. The van der Waals surface area contributed by atoms with Crippen LogP contribution in [-0.4, -0.2) is 42.0 Å². The van der Waals surface area contributed by atoms with Gasteiger partial charge in [0.1, 0.15) is 10.6 Å². The molecular formula is C24H23FN4O2S. The molecule has 1 N–H and O–H groups in total. The van der Waals surface area contributed by atoms with Crippen LogP contribution in [0.1, 0.15) is 20.9 Å². The predicted molar refractivity (Wildman–Crippen MR) is 125 cm³/mol. The van der Waals surface area contributed by atoms with E-state index in [9.17, 15) is 9.18 Å². The third kappa shape index (κ3) is 4.11. The van der Waals surface area contributed by atoms with Gasteiger partial charge in [0.2, 0.25) is 0 Å². The number of morpholine rings is 1. The number of amides is 1. The van der Waals surface area contributed by atoms with Gasteiger partial charge in [-0.05, 0) is 42.8 Å². The lowest BCUT2D eigenvalue weighted by atomic mass is 10.2. The first kappa shape index (κ1) is 20.7. The monoisotopic (exact) mass is 450 g/mol. The maximum absolute atomic E-state index is 13.2. The SMILES string of the molecule is Cc1nn(Cc2ccc(F)cc2)c2sc(C(=O)Nc3ccccc3N3CCOCC3)cc12. The lowest BCUT2D eigenvalue weighted by molar-refractivity contribution is 0.103. The van der Waals surface area contributed by atoms with Crippen LogP contribution in [-0.2, 0) is 11.3 Å². The zero-order valence-electron chi connectivity index (χ0n) is 17.7. The minimum Gasteiger partial charge on any atom is -0.378 e. The quantitative estimate of drug-likeness (QED) is 0.480. The van der Waals surface area contributed by atoms with Crippen LogP contribution in [0.25, 0.3) is 10.2 Å². The summed E-state index contributed by atoms with van der Waals surface area (Å²) in [6, 6.07) is 16.2. The molecule has 2 aromatic heterocycles. The van der Waals surface area contributed by atoms with Crippen LogP contribution in [0, 0.1) is 12.7 Å². The topological polar surface area (TPSA) is 59.4 Å². The Labute approximate surface area is 189 Å². The summed E-state index contributed by atoms with van der Waals surface area (Å²) in [6.07, 6.45) is 0. The molecule has 0 unspecified atom stereocenters. The summed E-state index contributed by atoms with van der Waals surface area (Å²) >= 11 is 1.42. The van der Waals surface area contributed by atoms with Gasteiger partial charge in [-0.3, -0.25) is 9.48 Å². The number of nitrogens with one attached hydrogen (secondary N) is 1. The summed E-state index contributed by atoms with van der Waals surface area (Å²) in [5.74, 6) is -0.400. The van der Waals surface area contributed by atoms with Gasteiger partial charge in [-0.25, -0.2) is 4.39 Å². The smallest absolute Gasteiger partial charge is 0.265 e.